The van der Waals surface area contributed by atoms with Gasteiger partial charge in [-0.25, -0.2) is 0 Å². The lowest BCUT2D eigenvalue weighted by Crippen LogP contribution is -2.29. The molecular weight excluding hydrogens is 644 g/mol. The first-order valence-corrected chi connectivity index (χ1v) is 18.7. The van der Waals surface area contributed by atoms with Crippen LogP contribution in [0.4, 0.5) is 0 Å². The SMILES string of the molecule is C[C@@](O)(COS(C)(=O)=O)c1ccc(COC2CCCCO2)nc1.C[C@@](O)(COS(C)(=O)=O)c1ccc(COC2CCCCO2)nc1. The van der Waals surface area contributed by atoms with E-state index in [1.165, 1.54) is 26.2 Å². The average molecular weight is 691 g/mol. The lowest BCUT2D eigenvalue weighted by Gasteiger charge is -2.23. The topological polar surface area (TPSA) is 190 Å². The van der Waals surface area contributed by atoms with Crippen molar-refractivity contribution < 1.29 is 54.4 Å². The molecule has 16 heteroatoms. The molecule has 4 heterocycles. The Balaban J connectivity index is 0.000000250. The highest BCUT2D eigenvalue weighted by molar-refractivity contribution is 7.86. The number of ether oxygens (including phenoxy) is 4. The molecule has 2 aromatic heterocycles. The lowest BCUT2D eigenvalue weighted by atomic mass is 9.99. The largest absolute Gasteiger partial charge is 0.383 e. The highest BCUT2D eigenvalue weighted by Gasteiger charge is 2.27. The Kier molecular flexibility index (Phi) is 14.4. The first-order valence-electron chi connectivity index (χ1n) is 15.0. The summed E-state index contributed by atoms with van der Waals surface area (Å²) >= 11 is 0. The van der Waals surface area contributed by atoms with E-state index in [1.807, 2.05) is 0 Å². The van der Waals surface area contributed by atoms with E-state index < -0.39 is 31.4 Å². The fourth-order valence-corrected chi connectivity index (χ4v) is 5.20. The van der Waals surface area contributed by atoms with E-state index >= 15 is 0 Å². The fraction of sp³-hybridized carbons (Fsp3) is 0.667. The molecule has 0 aliphatic carbocycles. The summed E-state index contributed by atoms with van der Waals surface area (Å²) in [4.78, 5) is 8.46. The molecule has 260 valence electrons. The third-order valence-electron chi connectivity index (χ3n) is 7.11. The van der Waals surface area contributed by atoms with E-state index in [9.17, 15) is 27.0 Å². The molecule has 2 saturated heterocycles. The van der Waals surface area contributed by atoms with Gasteiger partial charge in [-0.2, -0.15) is 16.8 Å². The Morgan fingerprint density at radius 1 is 0.717 bits per heavy atom. The van der Waals surface area contributed by atoms with Crippen molar-refractivity contribution in [2.45, 2.75) is 89.4 Å². The molecule has 4 atom stereocenters. The van der Waals surface area contributed by atoms with Crippen molar-refractivity contribution in [1.29, 1.82) is 0 Å². The second-order valence-corrected chi connectivity index (χ2v) is 15.1. The molecule has 0 aromatic carbocycles. The second-order valence-electron chi connectivity index (χ2n) is 11.8. The number of rotatable bonds is 14. The van der Waals surface area contributed by atoms with Crippen LogP contribution in [0.1, 0.15) is 74.9 Å². The van der Waals surface area contributed by atoms with Gasteiger partial charge in [0.05, 0.1) is 50.3 Å². The van der Waals surface area contributed by atoms with Crippen LogP contribution in [0.3, 0.4) is 0 Å². The molecular formula is C30H46N2O12S2. The first-order chi connectivity index (χ1) is 21.5. The summed E-state index contributed by atoms with van der Waals surface area (Å²) in [6, 6.07) is 6.82. The van der Waals surface area contributed by atoms with Crippen molar-refractivity contribution >= 4 is 20.2 Å². The van der Waals surface area contributed by atoms with Gasteiger partial charge in [0.2, 0.25) is 0 Å². The number of hydrogen-bond donors (Lipinski definition) is 2. The van der Waals surface area contributed by atoms with Crippen LogP contribution >= 0.6 is 0 Å². The van der Waals surface area contributed by atoms with Crippen LogP contribution in [0.15, 0.2) is 36.7 Å². The molecule has 2 unspecified atom stereocenters. The molecule has 2 aliphatic heterocycles. The predicted molar refractivity (Wildman–Crippen MR) is 166 cm³/mol. The van der Waals surface area contributed by atoms with E-state index in [4.69, 9.17) is 18.9 Å². The second kappa shape index (κ2) is 17.3. The number of hydrogen-bond acceptors (Lipinski definition) is 14. The van der Waals surface area contributed by atoms with Gasteiger partial charge in [-0.05, 0) is 64.5 Å². The summed E-state index contributed by atoms with van der Waals surface area (Å²) in [7, 11) is -7.22. The van der Waals surface area contributed by atoms with Gasteiger partial charge in [-0.15, -0.1) is 0 Å². The van der Waals surface area contributed by atoms with E-state index in [1.54, 1.807) is 24.3 Å². The van der Waals surface area contributed by atoms with E-state index in [2.05, 4.69) is 18.3 Å². The zero-order chi connectivity index (χ0) is 33.8. The van der Waals surface area contributed by atoms with Gasteiger partial charge in [0.1, 0.15) is 11.2 Å². The number of aromatic nitrogens is 2. The smallest absolute Gasteiger partial charge is 0.264 e. The molecule has 0 spiro atoms. The third kappa shape index (κ3) is 14.3. The summed E-state index contributed by atoms with van der Waals surface area (Å²) in [5, 5.41) is 20.6. The van der Waals surface area contributed by atoms with Gasteiger partial charge < -0.3 is 29.2 Å². The maximum absolute atomic E-state index is 11.0. The quantitative estimate of drug-likeness (QED) is 0.275. The molecule has 0 amide bonds. The van der Waals surface area contributed by atoms with Crippen LogP contribution in [0.5, 0.6) is 0 Å². The molecule has 14 nitrogen and oxygen atoms in total. The monoisotopic (exact) mass is 690 g/mol. The molecule has 0 bridgehead atoms. The van der Waals surface area contributed by atoms with Crippen LogP contribution in [0.25, 0.3) is 0 Å². The van der Waals surface area contributed by atoms with Gasteiger partial charge in [0, 0.05) is 36.7 Å². The standard InChI is InChI=1S/2C15H23NO6S/c2*1-15(17,11-22-23(2,18)19)12-6-7-13(16-9-12)10-21-14-5-3-4-8-20-14/h2*6-7,9,14,17H,3-5,8,10-11H2,1-2H3/t2*14?,15-/m11/s1. The Morgan fingerprint density at radius 2 is 1.11 bits per heavy atom. The van der Waals surface area contributed by atoms with Gasteiger partial charge in [-0.3, -0.25) is 18.3 Å². The Bertz CT molecular complexity index is 1300. The van der Waals surface area contributed by atoms with Crippen molar-refractivity contribution in [3.05, 3.63) is 59.2 Å². The number of aliphatic hydroxyl groups is 2. The Labute approximate surface area is 271 Å². The van der Waals surface area contributed by atoms with Crippen LogP contribution in [0, 0.1) is 0 Å². The summed E-state index contributed by atoms with van der Waals surface area (Å²) < 4.78 is 75.6. The van der Waals surface area contributed by atoms with E-state index in [-0.39, 0.29) is 25.8 Å². The molecule has 2 aromatic rings. The molecule has 0 saturated carbocycles. The molecule has 2 fully saturated rings. The van der Waals surface area contributed by atoms with Crippen molar-refractivity contribution in [3.8, 4) is 0 Å². The van der Waals surface area contributed by atoms with Crippen molar-refractivity contribution in [2.24, 2.45) is 0 Å². The minimum Gasteiger partial charge on any atom is -0.383 e. The molecule has 4 rings (SSSR count). The van der Waals surface area contributed by atoms with Crippen molar-refractivity contribution in [2.75, 3.05) is 38.9 Å². The van der Waals surface area contributed by atoms with Gasteiger partial charge >= 0.3 is 0 Å². The van der Waals surface area contributed by atoms with Crippen molar-refractivity contribution in [1.82, 2.24) is 9.97 Å². The minimum absolute atomic E-state index is 0.184. The molecule has 0 radical (unpaired) electrons. The molecule has 46 heavy (non-hydrogen) atoms. The maximum Gasteiger partial charge on any atom is 0.264 e. The normalized spacial score (nSPS) is 21.8. The van der Waals surface area contributed by atoms with Crippen LogP contribution in [-0.2, 0) is 72.0 Å². The zero-order valence-electron chi connectivity index (χ0n) is 26.8. The summed E-state index contributed by atoms with van der Waals surface area (Å²) in [6.45, 7) is 4.32. The van der Waals surface area contributed by atoms with E-state index in [0.29, 0.717) is 35.7 Å². The minimum atomic E-state index is -3.61. The third-order valence-corrected chi connectivity index (χ3v) is 8.20. The summed E-state index contributed by atoms with van der Waals surface area (Å²) in [5.41, 5.74) is -0.521. The highest BCUT2D eigenvalue weighted by atomic mass is 32.2. The molecule has 2 aliphatic rings. The van der Waals surface area contributed by atoms with Gasteiger partial charge in [0.25, 0.3) is 20.2 Å². The van der Waals surface area contributed by atoms with Crippen molar-refractivity contribution in [3.63, 3.8) is 0 Å². The summed E-state index contributed by atoms with van der Waals surface area (Å²) in [6.07, 6.45) is 10.6. The average Bonchev–Trinajstić information content (AvgIpc) is 3.02. The molecule has 2 N–H and O–H groups in total. The van der Waals surface area contributed by atoms with Crippen LogP contribution < -0.4 is 0 Å². The van der Waals surface area contributed by atoms with Gasteiger partial charge in [0.15, 0.2) is 12.6 Å². The first kappa shape index (κ1) is 38.3. The van der Waals surface area contributed by atoms with Gasteiger partial charge in [-0.1, -0.05) is 12.1 Å². The number of nitrogens with zero attached hydrogens (tertiary/aromatic N) is 2. The van der Waals surface area contributed by atoms with E-state index in [0.717, 1.165) is 64.3 Å². The maximum atomic E-state index is 11.0. The highest BCUT2D eigenvalue weighted by Crippen LogP contribution is 2.23. The lowest BCUT2D eigenvalue weighted by molar-refractivity contribution is -0.169. The fourth-order valence-electron chi connectivity index (χ4n) is 4.31. The number of pyridine rings is 2. The van der Waals surface area contributed by atoms with Crippen LogP contribution in [0.2, 0.25) is 0 Å². The zero-order valence-corrected chi connectivity index (χ0v) is 28.4. The summed E-state index contributed by atoms with van der Waals surface area (Å²) in [5.74, 6) is 0. The van der Waals surface area contributed by atoms with Crippen LogP contribution in [-0.4, -0.2) is 88.5 Å². The predicted octanol–water partition coefficient (Wildman–Crippen LogP) is 2.62. The Morgan fingerprint density at radius 3 is 1.39 bits per heavy atom. The Hall–Kier alpha value is -2.12.